The molecule has 0 aliphatic heterocycles. The van der Waals surface area contributed by atoms with Gasteiger partial charge in [0.05, 0.1) is 38.9 Å². The van der Waals surface area contributed by atoms with Crippen LogP contribution in [0.5, 0.6) is 17.2 Å². The monoisotopic (exact) mass is 471 g/mol. The molecule has 11 heteroatoms. The molecule has 33 heavy (non-hydrogen) atoms. The van der Waals surface area contributed by atoms with Gasteiger partial charge in [0.15, 0.2) is 17.3 Å². The summed E-state index contributed by atoms with van der Waals surface area (Å²) in [5, 5.41) is 11.1. The molecule has 0 saturated heterocycles. The quantitative estimate of drug-likeness (QED) is 0.380. The number of hydrogen-bond donors (Lipinski definition) is 2. The molecule has 10 nitrogen and oxygen atoms in total. The third kappa shape index (κ3) is 4.67. The van der Waals surface area contributed by atoms with Gasteiger partial charge in [-0.05, 0) is 23.7 Å². The standard InChI is InChI=1S/C22H26ClN7O3/c1-13(2)24-10-14-6-7-16-21(27-22(23)28-30(14)16)26-19-11-29(12-25-19)15-8-17(31-3)20(33-5)18(9-15)32-4/h6-9,11-13,24H,10H2,1-5H3,(H,26,27,28). The van der Waals surface area contributed by atoms with E-state index in [1.165, 1.54) is 0 Å². The molecule has 0 fully saturated rings. The molecule has 0 atom stereocenters. The van der Waals surface area contributed by atoms with E-state index in [4.69, 9.17) is 25.8 Å². The van der Waals surface area contributed by atoms with Crippen molar-refractivity contribution in [2.24, 2.45) is 0 Å². The van der Waals surface area contributed by atoms with Gasteiger partial charge in [-0.15, -0.1) is 5.10 Å². The number of halogens is 1. The minimum absolute atomic E-state index is 0.135. The normalized spacial score (nSPS) is 11.2. The van der Waals surface area contributed by atoms with E-state index in [0.29, 0.717) is 41.5 Å². The van der Waals surface area contributed by atoms with Crippen LogP contribution in [0.1, 0.15) is 19.5 Å². The van der Waals surface area contributed by atoms with E-state index in [2.05, 4.69) is 39.5 Å². The number of rotatable bonds is 9. The molecular weight excluding hydrogens is 446 g/mol. The van der Waals surface area contributed by atoms with Crippen LogP contribution in [0.25, 0.3) is 11.2 Å². The van der Waals surface area contributed by atoms with Crippen molar-refractivity contribution in [3.63, 3.8) is 0 Å². The first kappa shape index (κ1) is 22.7. The van der Waals surface area contributed by atoms with Crippen LogP contribution in [0.15, 0.2) is 36.8 Å². The van der Waals surface area contributed by atoms with Crippen molar-refractivity contribution in [1.82, 2.24) is 29.5 Å². The lowest BCUT2D eigenvalue weighted by Crippen LogP contribution is -2.23. The van der Waals surface area contributed by atoms with Crippen LogP contribution in [0.2, 0.25) is 5.28 Å². The minimum Gasteiger partial charge on any atom is -0.493 e. The zero-order chi connectivity index (χ0) is 23.5. The molecule has 4 aromatic rings. The number of hydrogen-bond acceptors (Lipinski definition) is 8. The summed E-state index contributed by atoms with van der Waals surface area (Å²) in [6.45, 7) is 4.85. The van der Waals surface area contributed by atoms with Crippen molar-refractivity contribution in [2.45, 2.75) is 26.4 Å². The number of aromatic nitrogens is 5. The molecule has 0 aliphatic carbocycles. The third-order valence-electron chi connectivity index (χ3n) is 5.03. The molecule has 3 heterocycles. The summed E-state index contributed by atoms with van der Waals surface area (Å²) >= 11 is 6.21. The summed E-state index contributed by atoms with van der Waals surface area (Å²) in [5.74, 6) is 2.77. The fourth-order valence-corrected chi connectivity index (χ4v) is 3.58. The first-order valence-electron chi connectivity index (χ1n) is 10.3. The van der Waals surface area contributed by atoms with E-state index in [9.17, 15) is 0 Å². The molecular formula is C22H26ClN7O3. The van der Waals surface area contributed by atoms with Crippen LogP contribution in [0, 0.1) is 0 Å². The van der Waals surface area contributed by atoms with Crippen molar-refractivity contribution in [1.29, 1.82) is 0 Å². The Morgan fingerprint density at radius 1 is 1.06 bits per heavy atom. The van der Waals surface area contributed by atoms with Crippen LogP contribution in [-0.4, -0.2) is 51.5 Å². The predicted octanol–water partition coefficient (Wildman–Crippen LogP) is 3.84. The lowest BCUT2D eigenvalue weighted by atomic mass is 10.2. The second-order valence-electron chi connectivity index (χ2n) is 7.56. The average molecular weight is 472 g/mol. The number of nitrogens with one attached hydrogen (secondary N) is 2. The van der Waals surface area contributed by atoms with Crippen LogP contribution in [0.4, 0.5) is 11.6 Å². The minimum atomic E-state index is 0.135. The lowest BCUT2D eigenvalue weighted by molar-refractivity contribution is 0.324. The third-order valence-corrected chi connectivity index (χ3v) is 5.19. The Balaban J connectivity index is 1.64. The van der Waals surface area contributed by atoms with Gasteiger partial charge in [-0.2, -0.15) is 4.98 Å². The number of methoxy groups -OCH3 is 3. The average Bonchev–Trinajstić information content (AvgIpc) is 3.43. The molecule has 0 radical (unpaired) electrons. The Bertz CT molecular complexity index is 1240. The van der Waals surface area contributed by atoms with E-state index >= 15 is 0 Å². The van der Waals surface area contributed by atoms with Gasteiger partial charge in [0, 0.05) is 24.7 Å². The molecule has 0 amide bonds. The zero-order valence-electron chi connectivity index (χ0n) is 19.1. The largest absolute Gasteiger partial charge is 0.493 e. The topological polar surface area (TPSA) is 99.8 Å². The smallest absolute Gasteiger partial charge is 0.243 e. The number of anilines is 2. The summed E-state index contributed by atoms with van der Waals surface area (Å²) < 4.78 is 19.9. The van der Waals surface area contributed by atoms with Crippen LogP contribution in [0.3, 0.4) is 0 Å². The second kappa shape index (κ2) is 9.55. The van der Waals surface area contributed by atoms with Gasteiger partial charge in [-0.25, -0.2) is 9.50 Å². The van der Waals surface area contributed by atoms with Gasteiger partial charge in [0.25, 0.3) is 0 Å². The summed E-state index contributed by atoms with van der Waals surface area (Å²) in [4.78, 5) is 8.82. The molecule has 0 saturated carbocycles. The van der Waals surface area contributed by atoms with E-state index in [1.54, 1.807) is 32.2 Å². The van der Waals surface area contributed by atoms with Gasteiger partial charge in [0.2, 0.25) is 11.0 Å². The first-order chi connectivity index (χ1) is 15.9. The van der Waals surface area contributed by atoms with Crippen molar-refractivity contribution in [2.75, 3.05) is 26.6 Å². The maximum atomic E-state index is 6.21. The highest BCUT2D eigenvalue weighted by Gasteiger charge is 2.16. The van der Waals surface area contributed by atoms with Gasteiger partial charge >= 0.3 is 0 Å². The van der Waals surface area contributed by atoms with E-state index in [1.807, 2.05) is 35.0 Å². The zero-order valence-corrected chi connectivity index (χ0v) is 19.8. The Labute approximate surface area is 196 Å². The SMILES string of the molecule is COc1cc(-n2cnc(Nc3nc(Cl)nn4c(CNC(C)C)ccc34)c2)cc(OC)c1OC. The Hall–Kier alpha value is -3.50. The Kier molecular flexibility index (Phi) is 6.57. The molecule has 3 aromatic heterocycles. The lowest BCUT2D eigenvalue weighted by Gasteiger charge is -2.14. The highest BCUT2D eigenvalue weighted by molar-refractivity contribution is 6.28. The van der Waals surface area contributed by atoms with Gasteiger partial charge in [-0.1, -0.05) is 13.8 Å². The fraction of sp³-hybridized carbons (Fsp3) is 0.318. The van der Waals surface area contributed by atoms with E-state index in [0.717, 1.165) is 16.9 Å². The van der Waals surface area contributed by atoms with Gasteiger partial charge in [0.1, 0.15) is 17.7 Å². The molecule has 2 N–H and O–H groups in total. The van der Waals surface area contributed by atoms with Crippen molar-refractivity contribution in [3.05, 3.63) is 47.8 Å². The van der Waals surface area contributed by atoms with Gasteiger partial charge in [-0.3, -0.25) is 0 Å². The molecule has 174 valence electrons. The van der Waals surface area contributed by atoms with Crippen molar-refractivity contribution in [3.8, 4) is 22.9 Å². The van der Waals surface area contributed by atoms with Crippen molar-refractivity contribution < 1.29 is 14.2 Å². The molecule has 0 spiro atoms. The summed E-state index contributed by atoms with van der Waals surface area (Å²) in [7, 11) is 4.72. The van der Waals surface area contributed by atoms with Crippen LogP contribution < -0.4 is 24.8 Å². The maximum Gasteiger partial charge on any atom is 0.243 e. The summed E-state index contributed by atoms with van der Waals surface area (Å²) in [6, 6.07) is 7.98. The van der Waals surface area contributed by atoms with Crippen LogP contribution in [-0.2, 0) is 6.54 Å². The predicted molar refractivity (Wildman–Crippen MR) is 126 cm³/mol. The maximum absolute atomic E-state index is 6.21. The Morgan fingerprint density at radius 3 is 2.42 bits per heavy atom. The number of nitrogens with zero attached hydrogens (tertiary/aromatic N) is 5. The Morgan fingerprint density at radius 2 is 1.79 bits per heavy atom. The number of imidazole rings is 1. The molecule has 1 aromatic carbocycles. The first-order valence-corrected chi connectivity index (χ1v) is 10.7. The molecule has 0 bridgehead atoms. The summed E-state index contributed by atoms with van der Waals surface area (Å²) in [6.07, 6.45) is 3.51. The molecule has 0 unspecified atom stereocenters. The number of fused-ring (bicyclic) bond motifs is 1. The molecule has 0 aliphatic rings. The van der Waals surface area contributed by atoms with E-state index < -0.39 is 0 Å². The van der Waals surface area contributed by atoms with Crippen LogP contribution >= 0.6 is 11.6 Å². The van der Waals surface area contributed by atoms with E-state index in [-0.39, 0.29) is 5.28 Å². The fourth-order valence-electron chi connectivity index (χ4n) is 3.42. The number of benzene rings is 1. The summed E-state index contributed by atoms with van der Waals surface area (Å²) in [5.41, 5.74) is 2.57. The number of ether oxygens (including phenoxy) is 3. The second-order valence-corrected chi connectivity index (χ2v) is 7.90. The molecule has 4 rings (SSSR count). The van der Waals surface area contributed by atoms with Crippen molar-refractivity contribution >= 4 is 28.8 Å². The van der Waals surface area contributed by atoms with Gasteiger partial charge < -0.3 is 29.4 Å². The highest BCUT2D eigenvalue weighted by atomic mass is 35.5. The highest BCUT2D eigenvalue weighted by Crippen LogP contribution is 2.39.